The van der Waals surface area contributed by atoms with Gasteiger partial charge in [0, 0.05) is 30.6 Å². The summed E-state index contributed by atoms with van der Waals surface area (Å²) in [5.41, 5.74) is 2.92. The number of carbonyl (C=O) groups excluding carboxylic acids is 2. The van der Waals surface area contributed by atoms with E-state index in [-0.39, 0.29) is 13.0 Å². The van der Waals surface area contributed by atoms with Gasteiger partial charge in [0.1, 0.15) is 22.4 Å². The zero-order valence-electron chi connectivity index (χ0n) is 20.8. The zero-order valence-corrected chi connectivity index (χ0v) is 21.6. The number of halogens is 1. The lowest BCUT2D eigenvalue weighted by molar-refractivity contribution is -0.138. The lowest BCUT2D eigenvalue weighted by Crippen LogP contribution is -2.30. The number of ketones is 1. The minimum atomic E-state index is -0.602. The molecule has 10 heteroatoms. The summed E-state index contributed by atoms with van der Waals surface area (Å²) in [6, 6.07) is 14.5. The maximum atomic E-state index is 12.8. The van der Waals surface area contributed by atoms with Crippen LogP contribution in [0, 0.1) is 5.95 Å². The van der Waals surface area contributed by atoms with E-state index in [1.807, 2.05) is 36.4 Å². The van der Waals surface area contributed by atoms with E-state index in [1.54, 1.807) is 24.7 Å². The molecule has 38 heavy (non-hydrogen) atoms. The summed E-state index contributed by atoms with van der Waals surface area (Å²) in [5, 5.41) is 12.3. The number of pyridine rings is 2. The average molecular weight is 534 g/mol. The van der Waals surface area contributed by atoms with Crippen LogP contribution in [0.5, 0.6) is 5.75 Å². The highest BCUT2D eigenvalue weighted by molar-refractivity contribution is 7.14. The zero-order chi connectivity index (χ0) is 26.6. The van der Waals surface area contributed by atoms with Crippen molar-refractivity contribution in [1.29, 1.82) is 0 Å². The Balaban J connectivity index is 1.13. The Morgan fingerprint density at radius 1 is 0.895 bits per heavy atom. The Kier molecular flexibility index (Phi) is 9.97. The third-order valence-corrected chi connectivity index (χ3v) is 6.76. The first kappa shape index (κ1) is 27.0. The Labute approximate surface area is 224 Å². The summed E-state index contributed by atoms with van der Waals surface area (Å²) >= 11 is 1.36. The molecule has 0 bridgehead atoms. The second-order valence-electron chi connectivity index (χ2n) is 8.68. The molecule has 0 aliphatic rings. The van der Waals surface area contributed by atoms with Gasteiger partial charge >= 0.3 is 0 Å². The van der Waals surface area contributed by atoms with Gasteiger partial charge in [0.15, 0.2) is 0 Å². The molecule has 0 aliphatic heterocycles. The molecule has 0 radical (unpaired) electrons. The molecule has 0 saturated carbocycles. The third kappa shape index (κ3) is 8.52. The molecule has 0 aliphatic carbocycles. The van der Waals surface area contributed by atoms with Gasteiger partial charge in [0.25, 0.3) is 5.91 Å². The number of amides is 1. The van der Waals surface area contributed by atoms with Crippen LogP contribution < -0.4 is 10.1 Å². The minimum absolute atomic E-state index is 0.154. The van der Waals surface area contributed by atoms with E-state index in [2.05, 4.69) is 25.5 Å². The summed E-state index contributed by atoms with van der Waals surface area (Å²) in [6.45, 7) is 0.611. The van der Waals surface area contributed by atoms with Crippen molar-refractivity contribution in [2.75, 3.05) is 0 Å². The van der Waals surface area contributed by atoms with Crippen molar-refractivity contribution in [3.8, 4) is 16.3 Å². The van der Waals surface area contributed by atoms with Crippen molar-refractivity contribution in [2.24, 2.45) is 0 Å². The summed E-state index contributed by atoms with van der Waals surface area (Å²) in [5.74, 6) is -0.771. The molecule has 1 N–H and O–H groups in total. The van der Waals surface area contributed by atoms with Crippen LogP contribution >= 0.6 is 11.3 Å². The van der Waals surface area contributed by atoms with E-state index in [9.17, 15) is 14.0 Å². The fraction of sp³-hybridized carbons (Fsp3) is 0.286. The number of hydrogen-bond donors (Lipinski definition) is 1. The summed E-state index contributed by atoms with van der Waals surface area (Å²) in [7, 11) is 0. The fourth-order valence-corrected chi connectivity index (χ4v) is 4.46. The third-order valence-electron chi connectivity index (χ3n) is 5.78. The van der Waals surface area contributed by atoms with E-state index < -0.39 is 17.6 Å². The Morgan fingerprint density at radius 2 is 1.68 bits per heavy atom. The first-order chi connectivity index (χ1) is 18.6. The second-order valence-corrected chi connectivity index (χ2v) is 9.74. The number of benzene rings is 1. The van der Waals surface area contributed by atoms with Gasteiger partial charge < -0.3 is 10.1 Å². The molecule has 196 valence electrons. The number of hydrogen-bond acceptors (Lipinski definition) is 8. The predicted octanol–water partition coefficient (Wildman–Crippen LogP) is 5.09. The molecule has 0 atom stereocenters. The normalized spacial score (nSPS) is 10.8. The number of rotatable bonds is 14. The van der Waals surface area contributed by atoms with Crippen molar-refractivity contribution in [3.05, 3.63) is 89.2 Å². The lowest BCUT2D eigenvalue weighted by Gasteiger charge is -2.06. The molecule has 4 rings (SSSR count). The molecule has 0 fully saturated rings. The van der Waals surface area contributed by atoms with Gasteiger partial charge in [0.05, 0.1) is 6.54 Å². The van der Waals surface area contributed by atoms with Gasteiger partial charge in [-0.05, 0) is 72.9 Å². The van der Waals surface area contributed by atoms with E-state index in [0.717, 1.165) is 53.1 Å². The van der Waals surface area contributed by atoms with E-state index in [0.29, 0.717) is 18.0 Å². The van der Waals surface area contributed by atoms with Crippen LogP contribution in [0.2, 0.25) is 0 Å². The highest BCUT2D eigenvalue weighted by Gasteiger charge is 2.14. The standard InChI is InChI=1S/C28H28FN5O3S/c29-25-12-7-20(17-31-25)5-3-1-2-4-6-24(35)27(36)32-18-26-33-34-28(38-26)22-8-10-23(11-9-22)37-19-21-13-15-30-16-14-21/h7-17H,1-6,18-19H2,(H,32,36). The number of ether oxygens (including phenoxy) is 1. The minimum Gasteiger partial charge on any atom is -0.489 e. The number of aromatic nitrogens is 4. The number of nitrogens with one attached hydrogen (secondary N) is 1. The molecule has 0 spiro atoms. The largest absolute Gasteiger partial charge is 0.489 e. The van der Waals surface area contributed by atoms with Gasteiger partial charge in [-0.15, -0.1) is 10.2 Å². The first-order valence-electron chi connectivity index (χ1n) is 12.4. The van der Waals surface area contributed by atoms with Crippen LogP contribution in [0.15, 0.2) is 67.1 Å². The van der Waals surface area contributed by atoms with E-state index >= 15 is 0 Å². The topological polar surface area (TPSA) is 107 Å². The molecular formula is C28H28FN5O3S. The monoisotopic (exact) mass is 533 g/mol. The summed E-state index contributed by atoms with van der Waals surface area (Å²) < 4.78 is 18.6. The number of aryl methyl sites for hydroxylation is 1. The number of nitrogens with zero attached hydrogens (tertiary/aromatic N) is 4. The van der Waals surface area contributed by atoms with Crippen LogP contribution in [-0.4, -0.2) is 31.9 Å². The quantitative estimate of drug-likeness (QED) is 0.137. The smallest absolute Gasteiger partial charge is 0.287 e. The second kappa shape index (κ2) is 14.0. The van der Waals surface area contributed by atoms with E-state index in [1.165, 1.54) is 17.4 Å². The van der Waals surface area contributed by atoms with Gasteiger partial charge in [-0.1, -0.05) is 30.2 Å². The fourth-order valence-electron chi connectivity index (χ4n) is 3.67. The SMILES string of the molecule is O=C(CCCCCCc1ccc(F)nc1)C(=O)NCc1nnc(-c2ccc(OCc3ccncc3)cc2)s1. The van der Waals surface area contributed by atoms with Crippen molar-refractivity contribution >= 4 is 23.0 Å². The van der Waals surface area contributed by atoms with Crippen molar-refractivity contribution in [2.45, 2.75) is 51.7 Å². The Hall–Kier alpha value is -4.05. The van der Waals surface area contributed by atoms with Crippen molar-refractivity contribution in [1.82, 2.24) is 25.5 Å². The Bertz CT molecular complexity index is 1310. The molecule has 0 unspecified atom stereocenters. The molecule has 8 nitrogen and oxygen atoms in total. The summed E-state index contributed by atoms with van der Waals surface area (Å²) in [6.07, 6.45) is 9.38. The number of Topliss-reactive ketones (excluding diaryl/α,β-unsaturated/α-hetero) is 1. The lowest BCUT2D eigenvalue weighted by atomic mass is 10.1. The van der Waals surface area contributed by atoms with Crippen LogP contribution in [0.1, 0.15) is 48.2 Å². The molecule has 3 heterocycles. The van der Waals surface area contributed by atoms with Gasteiger partial charge in [-0.25, -0.2) is 4.98 Å². The van der Waals surface area contributed by atoms with Crippen LogP contribution in [0.3, 0.4) is 0 Å². The highest BCUT2D eigenvalue weighted by atomic mass is 32.1. The number of unbranched alkanes of at least 4 members (excludes halogenated alkanes) is 3. The molecule has 1 aromatic carbocycles. The highest BCUT2D eigenvalue weighted by Crippen LogP contribution is 2.26. The number of carbonyl (C=O) groups is 2. The van der Waals surface area contributed by atoms with Crippen molar-refractivity contribution in [3.63, 3.8) is 0 Å². The first-order valence-corrected chi connectivity index (χ1v) is 13.2. The molecule has 0 saturated heterocycles. The molecule has 1 amide bonds. The summed E-state index contributed by atoms with van der Waals surface area (Å²) in [4.78, 5) is 32.0. The maximum Gasteiger partial charge on any atom is 0.287 e. The van der Waals surface area contributed by atoms with Gasteiger partial charge in [-0.3, -0.25) is 14.6 Å². The van der Waals surface area contributed by atoms with Crippen LogP contribution in [0.4, 0.5) is 4.39 Å². The molecule has 4 aromatic rings. The average Bonchev–Trinajstić information content (AvgIpc) is 3.43. The predicted molar refractivity (Wildman–Crippen MR) is 142 cm³/mol. The Morgan fingerprint density at radius 3 is 2.45 bits per heavy atom. The van der Waals surface area contributed by atoms with Gasteiger partial charge in [0.2, 0.25) is 11.7 Å². The van der Waals surface area contributed by atoms with Gasteiger partial charge in [-0.2, -0.15) is 4.39 Å². The van der Waals surface area contributed by atoms with Crippen LogP contribution in [0.25, 0.3) is 10.6 Å². The van der Waals surface area contributed by atoms with Crippen molar-refractivity contribution < 1.29 is 18.7 Å². The molecule has 3 aromatic heterocycles. The van der Waals surface area contributed by atoms with E-state index in [4.69, 9.17) is 4.74 Å². The molecular weight excluding hydrogens is 505 g/mol. The van der Waals surface area contributed by atoms with Crippen LogP contribution in [-0.2, 0) is 29.2 Å². The maximum absolute atomic E-state index is 12.8.